The molecule has 1 N–H and O–H groups in total. The summed E-state index contributed by atoms with van der Waals surface area (Å²) in [4.78, 5) is 11.8. The molecule has 0 spiro atoms. The number of hydrogen-bond donors (Lipinski definition) is 1. The highest BCUT2D eigenvalue weighted by Gasteiger charge is 2.22. The molecule has 0 bridgehead atoms. The molecule has 2 aromatic carbocycles. The van der Waals surface area contributed by atoms with Crippen molar-refractivity contribution in [2.45, 2.75) is 77.7 Å². The summed E-state index contributed by atoms with van der Waals surface area (Å²) in [6.07, 6.45) is 9.93. The lowest BCUT2D eigenvalue weighted by Crippen LogP contribution is -2.20. The number of benzene rings is 2. The number of unbranched alkanes of at least 4 members (excludes halogenated alkanes) is 2. The summed E-state index contributed by atoms with van der Waals surface area (Å²) in [7, 11) is 0. The third-order valence-electron chi connectivity index (χ3n) is 6.97. The van der Waals surface area contributed by atoms with E-state index in [-0.39, 0.29) is 18.7 Å². The Labute approximate surface area is 211 Å². The third kappa shape index (κ3) is 8.33. The van der Waals surface area contributed by atoms with Crippen molar-refractivity contribution in [2.24, 2.45) is 5.92 Å². The van der Waals surface area contributed by atoms with Crippen LogP contribution < -0.4 is 0 Å². The van der Waals surface area contributed by atoms with Crippen LogP contribution in [0.15, 0.2) is 54.6 Å². The molecule has 2 atom stereocenters. The van der Waals surface area contributed by atoms with Crippen molar-refractivity contribution in [3.05, 3.63) is 71.3 Å². The lowest BCUT2D eigenvalue weighted by atomic mass is 9.90. The van der Waals surface area contributed by atoms with Crippen LogP contribution in [0.2, 0.25) is 0 Å². The predicted octanol–water partition coefficient (Wildman–Crippen LogP) is 6.99. The summed E-state index contributed by atoms with van der Waals surface area (Å²) < 4.78 is 11.6. The predicted molar refractivity (Wildman–Crippen MR) is 142 cm³/mol. The van der Waals surface area contributed by atoms with Gasteiger partial charge in [-0.05, 0) is 72.8 Å². The molecular weight excluding hydrogens is 436 g/mol. The fourth-order valence-corrected chi connectivity index (χ4v) is 4.80. The topological polar surface area (TPSA) is 55.8 Å². The van der Waals surface area contributed by atoms with E-state index in [0.717, 1.165) is 42.1 Å². The van der Waals surface area contributed by atoms with Gasteiger partial charge >= 0.3 is 5.97 Å². The largest absolute Gasteiger partial charge is 0.462 e. The first kappa shape index (κ1) is 27.2. The van der Waals surface area contributed by atoms with Crippen LogP contribution in [-0.2, 0) is 27.1 Å². The van der Waals surface area contributed by atoms with Crippen LogP contribution >= 0.6 is 0 Å². The van der Waals surface area contributed by atoms with Gasteiger partial charge in [0.15, 0.2) is 0 Å². The van der Waals surface area contributed by atoms with Gasteiger partial charge in [-0.25, -0.2) is 4.79 Å². The quantitative estimate of drug-likeness (QED) is 0.191. The van der Waals surface area contributed by atoms with Crippen molar-refractivity contribution in [1.82, 2.24) is 0 Å². The number of esters is 1. The summed E-state index contributed by atoms with van der Waals surface area (Å²) in [6, 6.07) is 15.2. The molecule has 0 aliphatic carbocycles. The van der Waals surface area contributed by atoms with Gasteiger partial charge in [-0.1, -0.05) is 75.2 Å². The number of ether oxygens (including phenoxy) is 2. The molecule has 1 heterocycles. The molecule has 35 heavy (non-hydrogen) atoms. The van der Waals surface area contributed by atoms with Gasteiger partial charge in [0.2, 0.25) is 0 Å². The third-order valence-corrected chi connectivity index (χ3v) is 6.97. The van der Waals surface area contributed by atoms with Crippen LogP contribution in [0.5, 0.6) is 0 Å². The molecule has 4 nitrogen and oxygen atoms in total. The number of aliphatic hydroxyl groups excluding tert-OH is 1. The van der Waals surface area contributed by atoms with E-state index >= 15 is 0 Å². The van der Waals surface area contributed by atoms with E-state index in [4.69, 9.17) is 9.47 Å². The fraction of sp³-hybridized carbons (Fsp3) is 0.516. The van der Waals surface area contributed by atoms with E-state index in [2.05, 4.69) is 56.0 Å². The highest BCUT2D eigenvalue weighted by molar-refractivity contribution is 5.86. The average molecular weight is 479 g/mol. The van der Waals surface area contributed by atoms with Gasteiger partial charge < -0.3 is 14.6 Å². The average Bonchev–Trinajstić information content (AvgIpc) is 2.88. The van der Waals surface area contributed by atoms with Crippen molar-refractivity contribution in [3.8, 4) is 11.1 Å². The number of aliphatic hydroxyl groups is 1. The zero-order valence-electron chi connectivity index (χ0n) is 21.6. The minimum atomic E-state index is -0.356. The second kappa shape index (κ2) is 14.2. The number of carbonyl (C=O) groups excluding carboxylic acids is 1. The van der Waals surface area contributed by atoms with Gasteiger partial charge in [0.1, 0.15) is 0 Å². The van der Waals surface area contributed by atoms with E-state index < -0.39 is 0 Å². The molecule has 2 unspecified atom stereocenters. The first-order valence-corrected chi connectivity index (χ1v) is 13.3. The number of rotatable bonds is 13. The smallest absolute Gasteiger partial charge is 0.333 e. The van der Waals surface area contributed by atoms with Gasteiger partial charge in [-0.3, -0.25) is 0 Å². The molecule has 4 heteroatoms. The Balaban J connectivity index is 1.64. The Morgan fingerprint density at radius 2 is 1.80 bits per heavy atom. The van der Waals surface area contributed by atoms with E-state index in [0.29, 0.717) is 25.0 Å². The van der Waals surface area contributed by atoms with Crippen LogP contribution in [-0.4, -0.2) is 30.9 Å². The van der Waals surface area contributed by atoms with Crippen LogP contribution in [0.3, 0.4) is 0 Å². The molecule has 0 amide bonds. The molecule has 2 aromatic rings. The summed E-state index contributed by atoms with van der Waals surface area (Å²) in [5.74, 6) is 0.361. The summed E-state index contributed by atoms with van der Waals surface area (Å²) in [5, 5.41) is 9.27. The van der Waals surface area contributed by atoms with Crippen molar-refractivity contribution in [1.29, 1.82) is 0 Å². The zero-order valence-corrected chi connectivity index (χ0v) is 21.6. The highest BCUT2D eigenvalue weighted by atomic mass is 16.5. The van der Waals surface area contributed by atoms with Gasteiger partial charge in [0, 0.05) is 18.6 Å². The first-order chi connectivity index (χ1) is 17.0. The Morgan fingerprint density at radius 3 is 2.46 bits per heavy atom. The normalized spacial score (nSPS) is 17.8. The van der Waals surface area contributed by atoms with Crippen molar-refractivity contribution in [2.75, 3.05) is 19.8 Å². The zero-order chi connectivity index (χ0) is 25.0. The van der Waals surface area contributed by atoms with Gasteiger partial charge in [0.05, 0.1) is 19.3 Å². The second-order valence-electron chi connectivity index (χ2n) is 9.86. The molecule has 0 radical (unpaired) electrons. The maximum Gasteiger partial charge on any atom is 0.333 e. The van der Waals surface area contributed by atoms with E-state index in [1.807, 2.05) is 0 Å². The molecule has 1 aliphatic rings. The summed E-state index contributed by atoms with van der Waals surface area (Å²) in [5.41, 5.74) is 6.32. The van der Waals surface area contributed by atoms with Crippen LogP contribution in [0.25, 0.3) is 11.1 Å². The fourth-order valence-electron chi connectivity index (χ4n) is 4.80. The minimum Gasteiger partial charge on any atom is -0.462 e. The molecule has 0 aromatic heterocycles. The number of hydrogen-bond acceptors (Lipinski definition) is 4. The van der Waals surface area contributed by atoms with Gasteiger partial charge in [-0.2, -0.15) is 0 Å². The molecule has 1 saturated heterocycles. The van der Waals surface area contributed by atoms with Crippen molar-refractivity contribution >= 4 is 5.97 Å². The molecular formula is C31H42O4. The van der Waals surface area contributed by atoms with Gasteiger partial charge in [-0.15, -0.1) is 0 Å². The lowest BCUT2D eigenvalue weighted by molar-refractivity contribution is -0.138. The summed E-state index contributed by atoms with van der Waals surface area (Å²) >= 11 is 0. The van der Waals surface area contributed by atoms with E-state index in [9.17, 15) is 9.90 Å². The SMILES string of the molecule is C=C(C)C(=O)OCCc1cc(-c2ccc(C3CCC(CCCCC)CO3)cc2)ccc1CCCO. The monoisotopic (exact) mass is 478 g/mol. The standard InChI is InChI=1S/C31H42O4/c1-4-5-6-8-24-10-17-30(35-22-24)27-14-11-26(12-15-27)28-16-13-25(9-7-19-32)29(21-28)18-20-34-31(33)23(2)3/h11-16,21,24,30,32H,2,4-10,17-20,22H2,1,3H3. The Kier molecular flexibility index (Phi) is 11.0. The van der Waals surface area contributed by atoms with Crippen LogP contribution in [0.1, 0.15) is 81.6 Å². The molecule has 1 aliphatic heterocycles. The van der Waals surface area contributed by atoms with Gasteiger partial charge in [0.25, 0.3) is 0 Å². The second-order valence-corrected chi connectivity index (χ2v) is 9.86. The van der Waals surface area contributed by atoms with E-state index in [1.54, 1.807) is 6.92 Å². The molecule has 0 saturated carbocycles. The number of carbonyl (C=O) groups is 1. The number of aryl methyl sites for hydroxylation is 1. The maximum atomic E-state index is 11.8. The summed E-state index contributed by atoms with van der Waals surface area (Å²) in [6.45, 7) is 8.91. The lowest BCUT2D eigenvalue weighted by Gasteiger charge is -2.29. The highest BCUT2D eigenvalue weighted by Crippen LogP contribution is 2.34. The molecule has 3 rings (SSSR count). The van der Waals surface area contributed by atoms with Crippen molar-refractivity contribution in [3.63, 3.8) is 0 Å². The molecule has 1 fully saturated rings. The molecule has 190 valence electrons. The van der Waals surface area contributed by atoms with Crippen molar-refractivity contribution < 1.29 is 19.4 Å². The van der Waals surface area contributed by atoms with Crippen LogP contribution in [0.4, 0.5) is 0 Å². The Hall–Kier alpha value is -2.43. The minimum absolute atomic E-state index is 0.163. The van der Waals surface area contributed by atoms with E-state index in [1.165, 1.54) is 43.2 Å². The Bertz CT molecular complexity index is 939. The first-order valence-electron chi connectivity index (χ1n) is 13.3. The Morgan fingerprint density at radius 1 is 1.03 bits per heavy atom. The maximum absolute atomic E-state index is 11.8. The van der Waals surface area contributed by atoms with Crippen LogP contribution in [0, 0.1) is 5.92 Å².